The second-order valence-electron chi connectivity index (χ2n) is 7.89. The molecule has 0 N–H and O–H groups in total. The van der Waals surface area contributed by atoms with Crippen LogP contribution in [0.5, 0.6) is 5.75 Å². The summed E-state index contributed by atoms with van der Waals surface area (Å²) < 4.78 is 17.2. The van der Waals surface area contributed by atoms with Gasteiger partial charge < -0.3 is 14.2 Å². The lowest BCUT2D eigenvalue weighted by Gasteiger charge is -2.55. The Bertz CT molecular complexity index is 768. The summed E-state index contributed by atoms with van der Waals surface area (Å²) >= 11 is 0. The first-order valence-electron chi connectivity index (χ1n) is 9.47. The van der Waals surface area contributed by atoms with Crippen molar-refractivity contribution in [3.63, 3.8) is 0 Å². The van der Waals surface area contributed by atoms with Crippen LogP contribution in [0.3, 0.4) is 0 Å². The SMILES string of the molecule is CC(=O)OC[C@@]12CO[C@H](c3ccccc3OC(C)=O)[C@H](C(C)=C[C@H]1C)[C@@H]2C. The standard InChI is InChI=1S/C22H28O5/c1-13-10-14(2)22(11-25-16(4)23)12-26-21(20(13)15(22)3)18-8-6-7-9-19(18)27-17(5)24/h6-10,14-15,20-21H,11-12H2,1-5H3/t14-,15+,20-,21-,22-/m1/s1. The Kier molecular flexibility index (Phi) is 5.43. The van der Waals surface area contributed by atoms with E-state index in [2.05, 4.69) is 26.8 Å². The maximum Gasteiger partial charge on any atom is 0.308 e. The van der Waals surface area contributed by atoms with Crippen LogP contribution in [0.4, 0.5) is 0 Å². The lowest BCUT2D eigenvalue weighted by atomic mass is 9.56. The smallest absolute Gasteiger partial charge is 0.308 e. The summed E-state index contributed by atoms with van der Waals surface area (Å²) in [5, 5.41) is 0. The van der Waals surface area contributed by atoms with Crippen LogP contribution in [0, 0.1) is 23.2 Å². The average molecular weight is 372 g/mol. The molecular formula is C22H28O5. The van der Waals surface area contributed by atoms with Gasteiger partial charge in [-0.15, -0.1) is 0 Å². The third-order valence-corrected chi connectivity index (χ3v) is 6.27. The van der Waals surface area contributed by atoms with Crippen LogP contribution in [0.2, 0.25) is 0 Å². The first kappa shape index (κ1) is 19.6. The minimum atomic E-state index is -0.347. The second-order valence-corrected chi connectivity index (χ2v) is 7.89. The molecule has 5 atom stereocenters. The van der Waals surface area contributed by atoms with Crippen molar-refractivity contribution in [2.45, 2.75) is 40.7 Å². The molecule has 0 amide bonds. The number of fused-ring (bicyclic) bond motifs is 2. The molecule has 1 aromatic carbocycles. The van der Waals surface area contributed by atoms with E-state index in [0.717, 1.165) is 5.56 Å². The first-order valence-corrected chi connectivity index (χ1v) is 9.47. The minimum absolute atomic E-state index is 0.127. The molecule has 2 bridgehead atoms. The first-order chi connectivity index (χ1) is 12.8. The predicted molar refractivity (Wildman–Crippen MR) is 101 cm³/mol. The van der Waals surface area contributed by atoms with Gasteiger partial charge in [0.1, 0.15) is 5.75 Å². The summed E-state index contributed by atoms with van der Waals surface area (Å²) in [5.41, 5.74) is 1.90. The fraction of sp³-hybridized carbons (Fsp3) is 0.545. The van der Waals surface area contributed by atoms with Crippen molar-refractivity contribution in [3.05, 3.63) is 41.5 Å². The van der Waals surface area contributed by atoms with Crippen molar-refractivity contribution >= 4 is 11.9 Å². The summed E-state index contributed by atoms with van der Waals surface area (Å²) in [5.74, 6) is 0.547. The molecule has 5 nitrogen and oxygen atoms in total. The normalized spacial score (nSPS) is 32.4. The Morgan fingerprint density at radius 3 is 2.56 bits per heavy atom. The van der Waals surface area contributed by atoms with E-state index in [1.807, 2.05) is 18.2 Å². The number of hydrogen-bond acceptors (Lipinski definition) is 5. The third-order valence-electron chi connectivity index (χ3n) is 6.27. The number of esters is 2. The fourth-order valence-corrected chi connectivity index (χ4v) is 4.74. The number of rotatable bonds is 4. The highest BCUT2D eigenvalue weighted by Gasteiger charge is 2.54. The lowest BCUT2D eigenvalue weighted by Crippen LogP contribution is -2.54. The molecule has 0 aromatic heterocycles. The van der Waals surface area contributed by atoms with Crippen molar-refractivity contribution in [2.75, 3.05) is 13.2 Å². The van der Waals surface area contributed by atoms with E-state index in [9.17, 15) is 9.59 Å². The molecule has 1 aromatic rings. The monoisotopic (exact) mass is 372 g/mol. The Morgan fingerprint density at radius 2 is 1.89 bits per heavy atom. The summed E-state index contributed by atoms with van der Waals surface area (Å²) in [6.45, 7) is 10.2. The molecule has 1 aliphatic carbocycles. The van der Waals surface area contributed by atoms with E-state index in [1.165, 1.54) is 19.4 Å². The average Bonchev–Trinajstić information content (AvgIpc) is 2.59. The van der Waals surface area contributed by atoms with Crippen LogP contribution in [0.15, 0.2) is 35.9 Å². The molecular weight excluding hydrogens is 344 g/mol. The molecule has 1 fully saturated rings. The quantitative estimate of drug-likeness (QED) is 0.453. The molecule has 1 aliphatic heterocycles. The van der Waals surface area contributed by atoms with Gasteiger partial charge in [-0.25, -0.2) is 0 Å². The largest absolute Gasteiger partial charge is 0.465 e. The maximum absolute atomic E-state index is 11.5. The van der Waals surface area contributed by atoms with Gasteiger partial charge in [-0.2, -0.15) is 0 Å². The number of hydrogen-bond donors (Lipinski definition) is 0. The number of allylic oxidation sites excluding steroid dienone is 1. The molecule has 146 valence electrons. The Balaban J connectivity index is 1.98. The molecule has 1 saturated heterocycles. The van der Waals surface area contributed by atoms with Crippen molar-refractivity contribution in [2.24, 2.45) is 23.2 Å². The topological polar surface area (TPSA) is 61.8 Å². The van der Waals surface area contributed by atoms with Crippen LogP contribution in [-0.2, 0) is 19.1 Å². The van der Waals surface area contributed by atoms with Gasteiger partial charge in [0.25, 0.3) is 0 Å². The van der Waals surface area contributed by atoms with Gasteiger partial charge in [0.15, 0.2) is 0 Å². The number of ether oxygens (including phenoxy) is 3. The van der Waals surface area contributed by atoms with Gasteiger partial charge >= 0.3 is 11.9 Å². The van der Waals surface area contributed by atoms with Gasteiger partial charge in [-0.3, -0.25) is 9.59 Å². The molecule has 5 heteroatoms. The van der Waals surface area contributed by atoms with Crippen LogP contribution in [-0.4, -0.2) is 25.2 Å². The van der Waals surface area contributed by atoms with Crippen LogP contribution >= 0.6 is 0 Å². The lowest BCUT2D eigenvalue weighted by molar-refractivity contribution is -0.180. The summed E-state index contributed by atoms with van der Waals surface area (Å²) in [4.78, 5) is 22.9. The highest BCUT2D eigenvalue weighted by atomic mass is 16.5. The van der Waals surface area contributed by atoms with Crippen LogP contribution in [0.1, 0.15) is 46.3 Å². The third kappa shape index (κ3) is 3.53. The van der Waals surface area contributed by atoms with E-state index in [0.29, 0.717) is 19.0 Å². The van der Waals surface area contributed by atoms with Crippen molar-refractivity contribution in [1.82, 2.24) is 0 Å². The number of para-hydroxylation sites is 1. The zero-order valence-electron chi connectivity index (χ0n) is 16.7. The minimum Gasteiger partial charge on any atom is -0.465 e. The zero-order valence-corrected chi connectivity index (χ0v) is 16.7. The predicted octanol–water partition coefficient (Wildman–Crippen LogP) is 4.08. The van der Waals surface area contributed by atoms with Gasteiger partial charge in [0.2, 0.25) is 0 Å². The van der Waals surface area contributed by atoms with E-state index in [4.69, 9.17) is 14.2 Å². The molecule has 2 aliphatic rings. The summed E-state index contributed by atoms with van der Waals surface area (Å²) in [6.07, 6.45) is 2.07. The number of carbonyl (C=O) groups is 2. The Morgan fingerprint density at radius 1 is 1.19 bits per heavy atom. The van der Waals surface area contributed by atoms with Gasteiger partial charge in [0.05, 0.1) is 19.3 Å². The van der Waals surface area contributed by atoms with E-state index in [-0.39, 0.29) is 41.2 Å². The molecule has 0 unspecified atom stereocenters. The van der Waals surface area contributed by atoms with Crippen LogP contribution in [0.25, 0.3) is 0 Å². The van der Waals surface area contributed by atoms with Crippen LogP contribution < -0.4 is 4.74 Å². The fourth-order valence-electron chi connectivity index (χ4n) is 4.74. The Hall–Kier alpha value is -2.14. The van der Waals surface area contributed by atoms with Crippen molar-refractivity contribution in [1.29, 1.82) is 0 Å². The van der Waals surface area contributed by atoms with Gasteiger partial charge in [-0.05, 0) is 24.8 Å². The zero-order chi connectivity index (χ0) is 19.8. The van der Waals surface area contributed by atoms with Crippen molar-refractivity contribution in [3.8, 4) is 5.75 Å². The van der Waals surface area contributed by atoms with Gasteiger partial charge in [-0.1, -0.05) is 43.7 Å². The molecule has 1 heterocycles. The summed E-state index contributed by atoms with van der Waals surface area (Å²) in [6, 6.07) is 7.54. The van der Waals surface area contributed by atoms with E-state index < -0.39 is 0 Å². The molecule has 0 spiro atoms. The highest BCUT2D eigenvalue weighted by molar-refractivity contribution is 5.70. The Labute approximate surface area is 160 Å². The number of benzene rings is 1. The molecule has 0 saturated carbocycles. The van der Waals surface area contributed by atoms with E-state index in [1.54, 1.807) is 6.07 Å². The van der Waals surface area contributed by atoms with Crippen molar-refractivity contribution < 1.29 is 23.8 Å². The van der Waals surface area contributed by atoms with E-state index >= 15 is 0 Å². The molecule has 0 radical (unpaired) electrons. The molecule has 3 rings (SSSR count). The summed E-state index contributed by atoms with van der Waals surface area (Å²) in [7, 11) is 0. The second kappa shape index (κ2) is 7.47. The highest BCUT2D eigenvalue weighted by Crippen LogP contribution is 2.57. The number of carbonyl (C=O) groups excluding carboxylic acids is 2. The maximum atomic E-state index is 11.5. The van der Waals surface area contributed by atoms with Gasteiger partial charge in [0, 0.05) is 30.7 Å². The molecule has 27 heavy (non-hydrogen) atoms.